The third-order valence-corrected chi connectivity index (χ3v) is 2.38. The Hall–Kier alpha value is -1.80. The van der Waals surface area contributed by atoms with Crippen LogP contribution in [0.4, 0.5) is 0 Å². The largest absolute Gasteiger partial charge is 0.465 e. The highest BCUT2D eigenvalue weighted by molar-refractivity contribution is 5.92. The molecule has 18 heavy (non-hydrogen) atoms. The zero-order valence-electron chi connectivity index (χ0n) is 11.4. The number of ether oxygens (including phenoxy) is 1. The zero-order chi connectivity index (χ0) is 14.0. The van der Waals surface area contributed by atoms with Gasteiger partial charge in [-0.3, -0.25) is 0 Å². The summed E-state index contributed by atoms with van der Waals surface area (Å²) in [4.78, 5) is 4.09. The summed E-state index contributed by atoms with van der Waals surface area (Å²) in [5.74, 6) is 0.362. The van der Waals surface area contributed by atoms with Gasteiger partial charge in [0.1, 0.15) is 17.4 Å². The van der Waals surface area contributed by atoms with Crippen LogP contribution in [0.25, 0.3) is 0 Å². The van der Waals surface area contributed by atoms with E-state index in [9.17, 15) is 5.11 Å². The highest BCUT2D eigenvalue weighted by Crippen LogP contribution is 2.26. The van der Waals surface area contributed by atoms with Crippen LogP contribution in [-0.4, -0.2) is 29.3 Å². The van der Waals surface area contributed by atoms with Crippen LogP contribution in [0.1, 0.15) is 27.7 Å². The second-order valence-corrected chi connectivity index (χ2v) is 5.17. The predicted octanol–water partition coefficient (Wildman–Crippen LogP) is 1.48. The third-order valence-electron chi connectivity index (χ3n) is 2.38. The molecule has 0 amide bonds. The molecule has 0 aromatic heterocycles. The van der Waals surface area contributed by atoms with Gasteiger partial charge < -0.3 is 15.2 Å². The SMILES string of the molecule is CNC1=CC(=N/C(C#N)=C/C(C)(C)O)OC1(C)C. The lowest BCUT2D eigenvalue weighted by Gasteiger charge is -2.21. The molecule has 2 N–H and O–H groups in total. The number of allylic oxidation sites excluding steroid dienone is 1. The number of nitrogens with zero attached hydrogens (tertiary/aromatic N) is 2. The highest BCUT2D eigenvalue weighted by Gasteiger charge is 2.32. The van der Waals surface area contributed by atoms with Gasteiger partial charge in [-0.15, -0.1) is 0 Å². The van der Waals surface area contributed by atoms with E-state index in [0.29, 0.717) is 5.90 Å². The Kier molecular flexibility index (Phi) is 3.82. The number of likely N-dealkylation sites (N-methyl/N-ethyl adjacent to an activating group) is 1. The molecular weight excluding hydrogens is 230 g/mol. The molecule has 0 saturated carbocycles. The van der Waals surface area contributed by atoms with E-state index in [1.54, 1.807) is 27.0 Å². The molecule has 0 unspecified atom stereocenters. The summed E-state index contributed by atoms with van der Waals surface area (Å²) >= 11 is 0. The Morgan fingerprint density at radius 3 is 2.61 bits per heavy atom. The lowest BCUT2D eigenvalue weighted by molar-refractivity contribution is 0.132. The number of aliphatic imine (C=N–C) groups is 1. The molecule has 1 rings (SSSR count). The maximum absolute atomic E-state index is 9.63. The molecule has 1 heterocycles. The molecule has 0 aliphatic carbocycles. The fourth-order valence-corrected chi connectivity index (χ4v) is 1.61. The molecular formula is C13H19N3O2. The Labute approximate surface area is 107 Å². The summed E-state index contributed by atoms with van der Waals surface area (Å²) in [6, 6.07) is 1.93. The van der Waals surface area contributed by atoms with Crippen molar-refractivity contribution < 1.29 is 9.84 Å². The minimum absolute atomic E-state index is 0.127. The van der Waals surface area contributed by atoms with E-state index in [2.05, 4.69) is 10.3 Å². The quantitative estimate of drug-likeness (QED) is 0.743. The summed E-state index contributed by atoms with van der Waals surface area (Å²) in [7, 11) is 1.80. The van der Waals surface area contributed by atoms with Crippen molar-refractivity contribution in [3.8, 4) is 6.07 Å². The van der Waals surface area contributed by atoms with Crippen molar-refractivity contribution in [1.82, 2.24) is 5.32 Å². The minimum Gasteiger partial charge on any atom is -0.465 e. The van der Waals surface area contributed by atoms with Gasteiger partial charge in [0, 0.05) is 13.1 Å². The summed E-state index contributed by atoms with van der Waals surface area (Å²) in [5, 5.41) is 21.6. The highest BCUT2D eigenvalue weighted by atomic mass is 16.5. The van der Waals surface area contributed by atoms with E-state index in [0.717, 1.165) is 5.70 Å². The Morgan fingerprint density at radius 2 is 2.22 bits per heavy atom. The van der Waals surface area contributed by atoms with Crippen LogP contribution in [0.5, 0.6) is 0 Å². The second-order valence-electron chi connectivity index (χ2n) is 5.17. The van der Waals surface area contributed by atoms with Crippen LogP contribution < -0.4 is 5.32 Å². The molecule has 1 aliphatic rings. The van der Waals surface area contributed by atoms with Crippen molar-refractivity contribution in [2.45, 2.75) is 38.9 Å². The molecule has 0 fully saturated rings. The van der Waals surface area contributed by atoms with Gasteiger partial charge in [0.05, 0.1) is 11.3 Å². The standard InChI is InChI=1S/C13H19N3O2/c1-12(2,17)7-9(8-14)16-11-6-10(15-5)13(3,4)18-11/h6-7,15,17H,1-5H3/b9-7+,16-11?. The number of hydrogen-bond donors (Lipinski definition) is 2. The number of hydrogen-bond acceptors (Lipinski definition) is 5. The van der Waals surface area contributed by atoms with Crippen LogP contribution in [0.2, 0.25) is 0 Å². The van der Waals surface area contributed by atoms with Gasteiger partial charge in [0.25, 0.3) is 0 Å². The number of rotatable bonds is 3. The molecule has 0 bridgehead atoms. The number of aliphatic hydroxyl groups is 1. The third kappa shape index (κ3) is 3.60. The fraction of sp³-hybridized carbons (Fsp3) is 0.538. The first kappa shape index (κ1) is 14.3. The molecule has 5 heteroatoms. The molecule has 1 aliphatic heterocycles. The van der Waals surface area contributed by atoms with E-state index < -0.39 is 11.2 Å². The summed E-state index contributed by atoms with van der Waals surface area (Å²) in [6.45, 7) is 6.98. The van der Waals surface area contributed by atoms with E-state index in [-0.39, 0.29) is 5.70 Å². The molecule has 0 atom stereocenters. The summed E-state index contributed by atoms with van der Waals surface area (Å²) in [5.41, 5.74) is -0.550. The first-order valence-corrected chi connectivity index (χ1v) is 5.71. The summed E-state index contributed by atoms with van der Waals surface area (Å²) in [6.07, 6.45) is 3.14. The van der Waals surface area contributed by atoms with Crippen molar-refractivity contribution in [3.05, 3.63) is 23.5 Å². The van der Waals surface area contributed by atoms with Gasteiger partial charge in [-0.25, -0.2) is 4.99 Å². The molecule has 0 saturated heterocycles. The Morgan fingerprint density at radius 1 is 1.61 bits per heavy atom. The molecule has 0 radical (unpaired) electrons. The van der Waals surface area contributed by atoms with Gasteiger partial charge >= 0.3 is 0 Å². The monoisotopic (exact) mass is 249 g/mol. The lowest BCUT2D eigenvalue weighted by atomic mass is 10.1. The average Bonchev–Trinajstić information content (AvgIpc) is 2.49. The molecule has 98 valence electrons. The second kappa shape index (κ2) is 4.83. The van der Waals surface area contributed by atoms with Crippen LogP contribution in [0.15, 0.2) is 28.5 Å². The van der Waals surface area contributed by atoms with E-state index in [1.165, 1.54) is 6.08 Å². The topological polar surface area (TPSA) is 77.6 Å². The van der Waals surface area contributed by atoms with Crippen molar-refractivity contribution in [2.24, 2.45) is 4.99 Å². The lowest BCUT2D eigenvalue weighted by Crippen LogP contribution is -2.29. The van der Waals surface area contributed by atoms with Crippen LogP contribution >= 0.6 is 0 Å². The summed E-state index contributed by atoms with van der Waals surface area (Å²) < 4.78 is 5.62. The van der Waals surface area contributed by atoms with Crippen LogP contribution in [-0.2, 0) is 4.74 Å². The van der Waals surface area contributed by atoms with Crippen molar-refractivity contribution in [1.29, 1.82) is 5.26 Å². The molecule has 0 aromatic carbocycles. The number of nitrogens with one attached hydrogen (secondary N) is 1. The van der Waals surface area contributed by atoms with Crippen molar-refractivity contribution in [2.75, 3.05) is 7.05 Å². The van der Waals surface area contributed by atoms with Gasteiger partial charge in [0.15, 0.2) is 0 Å². The number of nitriles is 1. The minimum atomic E-state index is -1.08. The van der Waals surface area contributed by atoms with E-state index in [1.807, 2.05) is 19.9 Å². The van der Waals surface area contributed by atoms with Gasteiger partial charge in [-0.05, 0) is 33.8 Å². The maximum Gasteiger partial charge on any atom is 0.217 e. The first-order valence-electron chi connectivity index (χ1n) is 5.71. The molecule has 0 spiro atoms. The van der Waals surface area contributed by atoms with E-state index in [4.69, 9.17) is 10.00 Å². The Balaban J connectivity index is 3.04. The fourth-order valence-electron chi connectivity index (χ4n) is 1.61. The first-order chi connectivity index (χ1) is 8.18. The molecule has 5 nitrogen and oxygen atoms in total. The van der Waals surface area contributed by atoms with Crippen LogP contribution in [0, 0.1) is 11.3 Å². The normalized spacial score (nSPS) is 21.3. The smallest absolute Gasteiger partial charge is 0.217 e. The van der Waals surface area contributed by atoms with Gasteiger partial charge in [0.2, 0.25) is 5.90 Å². The van der Waals surface area contributed by atoms with Gasteiger partial charge in [-0.1, -0.05) is 0 Å². The van der Waals surface area contributed by atoms with Crippen molar-refractivity contribution in [3.63, 3.8) is 0 Å². The maximum atomic E-state index is 9.63. The van der Waals surface area contributed by atoms with Gasteiger partial charge in [-0.2, -0.15) is 5.26 Å². The molecule has 0 aromatic rings. The van der Waals surface area contributed by atoms with Crippen molar-refractivity contribution >= 4 is 5.90 Å². The average molecular weight is 249 g/mol. The van der Waals surface area contributed by atoms with E-state index >= 15 is 0 Å². The Bertz CT molecular complexity index is 460. The van der Waals surface area contributed by atoms with Crippen LogP contribution in [0.3, 0.4) is 0 Å². The zero-order valence-corrected chi connectivity index (χ0v) is 11.4. The predicted molar refractivity (Wildman–Crippen MR) is 69.7 cm³/mol.